The third kappa shape index (κ3) is 10.5. The Morgan fingerprint density at radius 2 is 1.78 bits per heavy atom. The van der Waals surface area contributed by atoms with E-state index in [-0.39, 0.29) is 12.6 Å². The van der Waals surface area contributed by atoms with Crippen LogP contribution in [0.25, 0.3) is 0 Å². The van der Waals surface area contributed by atoms with Gasteiger partial charge in [-0.15, -0.1) is 0 Å². The van der Waals surface area contributed by atoms with Crippen LogP contribution in [-0.2, 0) is 9.53 Å². The highest BCUT2D eigenvalue weighted by Crippen LogP contribution is 2.04. The van der Waals surface area contributed by atoms with E-state index in [2.05, 4.69) is 11.8 Å². The molecule has 4 nitrogen and oxygen atoms in total. The second-order valence-electron chi connectivity index (χ2n) is 4.53. The van der Waals surface area contributed by atoms with Crippen molar-refractivity contribution in [2.75, 3.05) is 32.8 Å². The van der Waals surface area contributed by atoms with Crippen LogP contribution in [0.5, 0.6) is 0 Å². The summed E-state index contributed by atoms with van der Waals surface area (Å²) in [4.78, 5) is 13.4. The molecule has 0 rings (SSSR count). The molecule has 0 unspecified atom stereocenters. The molecular formula is C14H29NO3. The van der Waals surface area contributed by atoms with Gasteiger partial charge in [-0.2, -0.15) is 0 Å². The first-order valence-corrected chi connectivity index (χ1v) is 7.23. The van der Waals surface area contributed by atoms with E-state index in [1.807, 2.05) is 6.92 Å². The monoisotopic (exact) mass is 259 g/mol. The highest BCUT2D eigenvalue weighted by molar-refractivity contribution is 5.69. The van der Waals surface area contributed by atoms with Crippen LogP contribution in [0.2, 0.25) is 0 Å². The van der Waals surface area contributed by atoms with Gasteiger partial charge in [-0.25, -0.2) is 0 Å². The average Bonchev–Trinajstić information content (AvgIpc) is 2.35. The van der Waals surface area contributed by atoms with Crippen LogP contribution >= 0.6 is 0 Å². The quantitative estimate of drug-likeness (QED) is 0.431. The maximum Gasteiger partial charge on any atom is 0.305 e. The molecule has 0 aromatic heterocycles. The molecule has 0 atom stereocenters. The van der Waals surface area contributed by atoms with E-state index in [0.717, 1.165) is 38.9 Å². The highest BCUT2D eigenvalue weighted by atomic mass is 16.5. The van der Waals surface area contributed by atoms with Crippen LogP contribution < -0.4 is 0 Å². The average molecular weight is 259 g/mol. The van der Waals surface area contributed by atoms with Gasteiger partial charge in [0.1, 0.15) is 0 Å². The Morgan fingerprint density at radius 3 is 2.39 bits per heavy atom. The van der Waals surface area contributed by atoms with Crippen molar-refractivity contribution in [3.8, 4) is 0 Å². The van der Waals surface area contributed by atoms with Gasteiger partial charge < -0.3 is 14.7 Å². The standard InChI is InChI=1S/C14H29NO3/c1-3-5-10-15(12-13-16)11-8-6-7-9-14(17)18-4-2/h16H,3-13H2,1-2H3. The summed E-state index contributed by atoms with van der Waals surface area (Å²) in [6.07, 6.45) is 5.94. The minimum absolute atomic E-state index is 0.0873. The van der Waals surface area contributed by atoms with Crippen LogP contribution in [0.1, 0.15) is 52.4 Å². The maximum absolute atomic E-state index is 11.1. The molecule has 0 fully saturated rings. The number of rotatable bonds is 12. The molecule has 0 aromatic rings. The lowest BCUT2D eigenvalue weighted by Crippen LogP contribution is -2.29. The zero-order chi connectivity index (χ0) is 13.6. The largest absolute Gasteiger partial charge is 0.466 e. The summed E-state index contributed by atoms with van der Waals surface area (Å²) in [6, 6.07) is 0. The highest BCUT2D eigenvalue weighted by Gasteiger charge is 2.04. The predicted octanol–water partition coefficient (Wildman–Crippen LogP) is 2.20. The van der Waals surface area contributed by atoms with E-state index in [1.54, 1.807) is 0 Å². The lowest BCUT2D eigenvalue weighted by Gasteiger charge is -2.20. The fourth-order valence-corrected chi connectivity index (χ4v) is 1.87. The summed E-state index contributed by atoms with van der Waals surface area (Å²) < 4.78 is 4.88. The maximum atomic E-state index is 11.1. The Hall–Kier alpha value is -0.610. The first kappa shape index (κ1) is 17.4. The minimum Gasteiger partial charge on any atom is -0.466 e. The van der Waals surface area contributed by atoms with Gasteiger partial charge in [0.2, 0.25) is 0 Å². The summed E-state index contributed by atoms with van der Waals surface area (Å²) in [6.45, 7) is 7.55. The lowest BCUT2D eigenvalue weighted by atomic mass is 10.2. The Bertz CT molecular complexity index is 197. The number of carbonyl (C=O) groups is 1. The molecule has 0 saturated heterocycles. The lowest BCUT2D eigenvalue weighted by molar-refractivity contribution is -0.143. The molecule has 4 heteroatoms. The SMILES string of the molecule is CCCCN(CCO)CCCCCC(=O)OCC. The molecule has 108 valence electrons. The van der Waals surface area contributed by atoms with Gasteiger partial charge in [-0.05, 0) is 39.3 Å². The summed E-state index contributed by atoms with van der Waals surface area (Å²) in [5.74, 6) is -0.0873. The number of nitrogens with zero attached hydrogens (tertiary/aromatic N) is 1. The van der Waals surface area contributed by atoms with Crippen molar-refractivity contribution in [3.05, 3.63) is 0 Å². The Labute approximate surface area is 111 Å². The smallest absolute Gasteiger partial charge is 0.305 e. The molecule has 0 amide bonds. The topological polar surface area (TPSA) is 49.8 Å². The number of aliphatic hydroxyl groups excluding tert-OH is 1. The number of ether oxygens (including phenoxy) is 1. The molecule has 0 radical (unpaired) electrons. The Balaban J connectivity index is 3.50. The Morgan fingerprint density at radius 1 is 1.06 bits per heavy atom. The van der Waals surface area contributed by atoms with Gasteiger partial charge in [0.15, 0.2) is 0 Å². The summed E-state index contributed by atoms with van der Waals surface area (Å²) >= 11 is 0. The van der Waals surface area contributed by atoms with Gasteiger partial charge in [0.05, 0.1) is 13.2 Å². The number of aliphatic hydroxyl groups is 1. The first-order chi connectivity index (χ1) is 8.74. The van der Waals surface area contributed by atoms with Crippen LogP contribution in [0.3, 0.4) is 0 Å². The molecule has 0 aliphatic carbocycles. The zero-order valence-corrected chi connectivity index (χ0v) is 12.0. The van der Waals surface area contributed by atoms with Crippen molar-refractivity contribution in [2.24, 2.45) is 0 Å². The van der Waals surface area contributed by atoms with Gasteiger partial charge in [-0.3, -0.25) is 4.79 Å². The fourth-order valence-electron chi connectivity index (χ4n) is 1.87. The summed E-state index contributed by atoms with van der Waals surface area (Å²) in [5.41, 5.74) is 0. The van der Waals surface area contributed by atoms with E-state index in [9.17, 15) is 4.79 Å². The first-order valence-electron chi connectivity index (χ1n) is 7.23. The van der Waals surface area contributed by atoms with Crippen LogP contribution in [-0.4, -0.2) is 48.8 Å². The van der Waals surface area contributed by atoms with E-state index in [4.69, 9.17) is 9.84 Å². The Kier molecular flexibility index (Phi) is 12.4. The molecule has 0 bridgehead atoms. The number of esters is 1. The molecule has 0 spiro atoms. The van der Waals surface area contributed by atoms with Crippen molar-refractivity contribution in [1.29, 1.82) is 0 Å². The second-order valence-corrected chi connectivity index (χ2v) is 4.53. The predicted molar refractivity (Wildman–Crippen MR) is 73.5 cm³/mol. The zero-order valence-electron chi connectivity index (χ0n) is 12.0. The fraction of sp³-hybridized carbons (Fsp3) is 0.929. The molecule has 1 N–H and O–H groups in total. The number of unbranched alkanes of at least 4 members (excludes halogenated alkanes) is 3. The van der Waals surface area contributed by atoms with Crippen molar-refractivity contribution in [3.63, 3.8) is 0 Å². The summed E-state index contributed by atoms with van der Waals surface area (Å²) in [5, 5.41) is 8.97. The van der Waals surface area contributed by atoms with Crippen LogP contribution in [0.4, 0.5) is 0 Å². The van der Waals surface area contributed by atoms with E-state index in [0.29, 0.717) is 13.0 Å². The van der Waals surface area contributed by atoms with Crippen molar-refractivity contribution in [1.82, 2.24) is 4.90 Å². The number of hydrogen-bond acceptors (Lipinski definition) is 4. The van der Waals surface area contributed by atoms with E-state index < -0.39 is 0 Å². The molecule has 0 saturated carbocycles. The van der Waals surface area contributed by atoms with Gasteiger partial charge in [-0.1, -0.05) is 19.8 Å². The van der Waals surface area contributed by atoms with Gasteiger partial charge in [0.25, 0.3) is 0 Å². The molecule has 0 aromatic carbocycles. The minimum atomic E-state index is -0.0873. The van der Waals surface area contributed by atoms with Crippen molar-refractivity contribution in [2.45, 2.75) is 52.4 Å². The molecule has 18 heavy (non-hydrogen) atoms. The number of hydrogen-bond donors (Lipinski definition) is 1. The van der Waals surface area contributed by atoms with E-state index in [1.165, 1.54) is 12.8 Å². The molecule has 0 heterocycles. The van der Waals surface area contributed by atoms with Crippen LogP contribution in [0.15, 0.2) is 0 Å². The summed E-state index contributed by atoms with van der Waals surface area (Å²) in [7, 11) is 0. The second kappa shape index (κ2) is 12.8. The van der Waals surface area contributed by atoms with Crippen LogP contribution in [0, 0.1) is 0 Å². The van der Waals surface area contributed by atoms with Gasteiger partial charge >= 0.3 is 5.97 Å². The number of carbonyl (C=O) groups excluding carboxylic acids is 1. The van der Waals surface area contributed by atoms with Crippen molar-refractivity contribution < 1.29 is 14.6 Å². The van der Waals surface area contributed by atoms with Crippen molar-refractivity contribution >= 4 is 5.97 Å². The third-order valence-electron chi connectivity index (χ3n) is 2.90. The van der Waals surface area contributed by atoms with E-state index >= 15 is 0 Å². The van der Waals surface area contributed by atoms with Gasteiger partial charge in [0, 0.05) is 13.0 Å². The third-order valence-corrected chi connectivity index (χ3v) is 2.90. The normalized spacial score (nSPS) is 10.9. The molecule has 0 aliphatic heterocycles. The molecule has 0 aliphatic rings. The molecular weight excluding hydrogens is 230 g/mol.